The standard InChI is InChI=1S/C12H17FN2O3S/c1-18-5-7-19(17)6-4-12(16)15-11-3-2-9(13)8-10(11)14/h2-3,8H,4-7,14H2,1H3,(H,15,16). The van der Waals surface area contributed by atoms with Gasteiger partial charge in [0.25, 0.3) is 0 Å². The number of nitrogens with one attached hydrogen (secondary N) is 1. The third-order valence-corrected chi connectivity index (χ3v) is 3.64. The van der Waals surface area contributed by atoms with Gasteiger partial charge in [-0.05, 0) is 18.2 Å². The van der Waals surface area contributed by atoms with Crippen molar-refractivity contribution in [3.63, 3.8) is 0 Å². The number of amides is 1. The van der Waals surface area contributed by atoms with Crippen LogP contribution in [0.1, 0.15) is 6.42 Å². The second-order valence-corrected chi connectivity index (χ2v) is 5.57. The van der Waals surface area contributed by atoms with Crippen molar-refractivity contribution in [1.29, 1.82) is 0 Å². The molecule has 1 unspecified atom stereocenters. The number of methoxy groups -OCH3 is 1. The van der Waals surface area contributed by atoms with Crippen molar-refractivity contribution in [3.8, 4) is 0 Å². The van der Waals surface area contributed by atoms with Gasteiger partial charge in [0.2, 0.25) is 5.91 Å². The van der Waals surface area contributed by atoms with Gasteiger partial charge in [-0.2, -0.15) is 0 Å². The monoisotopic (exact) mass is 288 g/mol. The van der Waals surface area contributed by atoms with Gasteiger partial charge in [0.15, 0.2) is 0 Å². The van der Waals surface area contributed by atoms with Gasteiger partial charge >= 0.3 is 0 Å². The summed E-state index contributed by atoms with van der Waals surface area (Å²) < 4.78 is 29.1. The molecule has 0 heterocycles. The number of benzene rings is 1. The molecule has 5 nitrogen and oxygen atoms in total. The number of nitrogens with two attached hydrogens (primary N) is 1. The van der Waals surface area contributed by atoms with Crippen LogP contribution in [-0.2, 0) is 20.3 Å². The van der Waals surface area contributed by atoms with Crippen LogP contribution in [0.5, 0.6) is 0 Å². The van der Waals surface area contributed by atoms with Crippen molar-refractivity contribution >= 4 is 28.1 Å². The van der Waals surface area contributed by atoms with Crippen LogP contribution in [-0.4, -0.2) is 35.3 Å². The van der Waals surface area contributed by atoms with Gasteiger partial charge in [0.05, 0.1) is 18.0 Å². The van der Waals surface area contributed by atoms with E-state index in [1.807, 2.05) is 0 Å². The maximum Gasteiger partial charge on any atom is 0.225 e. The largest absolute Gasteiger partial charge is 0.397 e. The molecule has 0 aliphatic heterocycles. The van der Waals surface area contributed by atoms with Crippen molar-refractivity contribution in [2.24, 2.45) is 0 Å². The average Bonchev–Trinajstić information content (AvgIpc) is 2.37. The first-order chi connectivity index (χ1) is 9.02. The molecule has 0 fully saturated rings. The maximum atomic E-state index is 12.8. The molecule has 1 rings (SSSR count). The van der Waals surface area contributed by atoms with Crippen LogP contribution in [0.4, 0.5) is 15.8 Å². The van der Waals surface area contributed by atoms with E-state index in [1.54, 1.807) is 0 Å². The zero-order chi connectivity index (χ0) is 14.3. The SMILES string of the molecule is COCCS(=O)CCC(=O)Nc1ccc(F)cc1N. The number of hydrogen-bond acceptors (Lipinski definition) is 4. The molecule has 0 saturated carbocycles. The van der Waals surface area contributed by atoms with E-state index in [-0.39, 0.29) is 23.8 Å². The van der Waals surface area contributed by atoms with E-state index in [0.29, 0.717) is 18.0 Å². The van der Waals surface area contributed by atoms with E-state index in [1.165, 1.54) is 19.2 Å². The van der Waals surface area contributed by atoms with E-state index in [4.69, 9.17) is 10.5 Å². The zero-order valence-corrected chi connectivity index (χ0v) is 11.5. The summed E-state index contributed by atoms with van der Waals surface area (Å²) in [4.78, 5) is 11.6. The van der Waals surface area contributed by atoms with Crippen molar-refractivity contribution in [3.05, 3.63) is 24.0 Å². The topological polar surface area (TPSA) is 81.4 Å². The lowest BCUT2D eigenvalue weighted by Gasteiger charge is -2.08. The van der Waals surface area contributed by atoms with Gasteiger partial charge < -0.3 is 15.8 Å². The first-order valence-corrected chi connectivity index (χ1v) is 7.20. The predicted octanol–water partition coefficient (Wildman–Crippen LogP) is 1.13. The first-order valence-electron chi connectivity index (χ1n) is 5.71. The fraction of sp³-hybridized carbons (Fsp3) is 0.417. The molecular formula is C12H17FN2O3S. The fourth-order valence-corrected chi connectivity index (χ4v) is 2.31. The second-order valence-electron chi connectivity index (χ2n) is 3.87. The van der Waals surface area contributed by atoms with Crippen LogP contribution < -0.4 is 11.1 Å². The number of carbonyl (C=O) groups excluding carboxylic acids is 1. The van der Waals surface area contributed by atoms with E-state index in [0.717, 1.165) is 6.07 Å². The van der Waals surface area contributed by atoms with Gasteiger partial charge in [-0.3, -0.25) is 9.00 Å². The summed E-state index contributed by atoms with van der Waals surface area (Å²) in [7, 11) is 0.444. The van der Waals surface area contributed by atoms with Crippen LogP contribution >= 0.6 is 0 Å². The number of nitrogen functional groups attached to an aromatic ring is 1. The van der Waals surface area contributed by atoms with Crippen molar-refractivity contribution in [2.75, 3.05) is 36.3 Å². The Hall–Kier alpha value is -1.47. The summed E-state index contributed by atoms with van der Waals surface area (Å²) >= 11 is 0. The molecule has 1 atom stereocenters. The molecule has 19 heavy (non-hydrogen) atoms. The number of hydrogen-bond donors (Lipinski definition) is 2. The van der Waals surface area contributed by atoms with Crippen molar-refractivity contribution < 1.29 is 18.1 Å². The van der Waals surface area contributed by atoms with Crippen LogP contribution in [0.15, 0.2) is 18.2 Å². The Morgan fingerprint density at radius 3 is 2.84 bits per heavy atom. The lowest BCUT2D eigenvalue weighted by atomic mass is 10.2. The second kappa shape index (κ2) is 7.85. The van der Waals surface area contributed by atoms with Crippen molar-refractivity contribution in [1.82, 2.24) is 0 Å². The molecule has 7 heteroatoms. The third-order valence-electron chi connectivity index (χ3n) is 2.36. The Bertz CT molecular complexity index is 468. The highest BCUT2D eigenvalue weighted by molar-refractivity contribution is 7.85. The van der Waals surface area contributed by atoms with E-state index in [2.05, 4.69) is 5.32 Å². The lowest BCUT2D eigenvalue weighted by Crippen LogP contribution is -2.17. The normalized spacial score (nSPS) is 12.1. The Morgan fingerprint density at radius 2 is 2.21 bits per heavy atom. The van der Waals surface area contributed by atoms with Gasteiger partial charge in [-0.15, -0.1) is 0 Å². The molecule has 0 saturated heterocycles. The predicted molar refractivity (Wildman–Crippen MR) is 73.8 cm³/mol. The number of ether oxygens (including phenoxy) is 1. The maximum absolute atomic E-state index is 12.8. The highest BCUT2D eigenvalue weighted by Crippen LogP contribution is 2.19. The lowest BCUT2D eigenvalue weighted by molar-refractivity contribution is -0.115. The molecular weight excluding hydrogens is 271 g/mol. The summed E-state index contributed by atoms with van der Waals surface area (Å²) in [5.74, 6) is -0.0982. The van der Waals surface area contributed by atoms with Gasteiger partial charge in [-0.25, -0.2) is 4.39 Å². The van der Waals surface area contributed by atoms with E-state index < -0.39 is 16.6 Å². The quantitative estimate of drug-likeness (QED) is 0.737. The van der Waals surface area contributed by atoms with Gasteiger partial charge in [0, 0.05) is 35.8 Å². The van der Waals surface area contributed by atoms with Crippen LogP contribution in [0.25, 0.3) is 0 Å². The smallest absolute Gasteiger partial charge is 0.225 e. The molecule has 1 aromatic carbocycles. The third kappa shape index (κ3) is 5.80. The summed E-state index contributed by atoms with van der Waals surface area (Å²) in [6.45, 7) is 0.402. The number of carbonyl (C=O) groups is 1. The van der Waals surface area contributed by atoms with Crippen LogP contribution in [0, 0.1) is 5.82 Å². The number of halogens is 1. The molecule has 0 aliphatic rings. The van der Waals surface area contributed by atoms with Gasteiger partial charge in [-0.1, -0.05) is 0 Å². The molecule has 0 aromatic heterocycles. The highest BCUT2D eigenvalue weighted by atomic mass is 32.2. The first kappa shape index (κ1) is 15.6. The van der Waals surface area contributed by atoms with E-state index >= 15 is 0 Å². The number of rotatable bonds is 7. The van der Waals surface area contributed by atoms with Crippen LogP contribution in [0.2, 0.25) is 0 Å². The highest BCUT2D eigenvalue weighted by Gasteiger charge is 2.08. The fourth-order valence-electron chi connectivity index (χ4n) is 1.34. The number of anilines is 2. The zero-order valence-electron chi connectivity index (χ0n) is 10.6. The summed E-state index contributed by atoms with van der Waals surface area (Å²) in [6, 6.07) is 3.74. The Kier molecular flexibility index (Phi) is 6.44. The Morgan fingerprint density at radius 1 is 1.47 bits per heavy atom. The molecule has 106 valence electrons. The molecule has 1 amide bonds. The Balaban J connectivity index is 2.41. The molecule has 0 radical (unpaired) electrons. The minimum absolute atomic E-state index is 0.118. The van der Waals surface area contributed by atoms with Crippen LogP contribution in [0.3, 0.4) is 0 Å². The molecule has 0 spiro atoms. The molecule has 0 bridgehead atoms. The molecule has 0 aliphatic carbocycles. The summed E-state index contributed by atoms with van der Waals surface area (Å²) in [5, 5.41) is 2.55. The van der Waals surface area contributed by atoms with Gasteiger partial charge in [0.1, 0.15) is 5.82 Å². The summed E-state index contributed by atoms with van der Waals surface area (Å²) in [6.07, 6.45) is 0.118. The minimum Gasteiger partial charge on any atom is -0.397 e. The van der Waals surface area contributed by atoms with Crippen molar-refractivity contribution in [2.45, 2.75) is 6.42 Å². The average molecular weight is 288 g/mol. The molecule has 3 N–H and O–H groups in total. The summed E-state index contributed by atoms with van der Waals surface area (Å²) in [5.41, 5.74) is 6.08. The van der Waals surface area contributed by atoms with E-state index in [9.17, 15) is 13.4 Å². The Labute approximate surface area is 113 Å². The minimum atomic E-state index is -1.08. The molecule has 1 aromatic rings.